The summed E-state index contributed by atoms with van der Waals surface area (Å²) in [6.45, 7) is 2.95. The number of rotatable bonds is 3. The number of hydrogen-bond donors (Lipinski definition) is 0. The van der Waals surface area contributed by atoms with Crippen LogP contribution in [0.2, 0.25) is 5.02 Å². The maximum atomic E-state index is 12.5. The minimum atomic E-state index is 0.188. The molecule has 0 bridgehead atoms. The fourth-order valence-electron chi connectivity index (χ4n) is 4.24. The van der Waals surface area contributed by atoms with Gasteiger partial charge in [0.1, 0.15) is 0 Å². The quantitative estimate of drug-likeness (QED) is 0.859. The number of aromatic nitrogens is 1. The van der Waals surface area contributed by atoms with Crippen molar-refractivity contribution in [2.45, 2.75) is 32.2 Å². The highest BCUT2D eigenvalue weighted by atomic mass is 35.5. The van der Waals surface area contributed by atoms with Gasteiger partial charge in [0.05, 0.1) is 5.02 Å². The molecule has 120 valence electrons. The number of pyridine rings is 1. The van der Waals surface area contributed by atoms with Crippen LogP contribution in [0.1, 0.15) is 31.2 Å². The number of carbonyl (C=O) groups excluding carboxylic acids is 1. The zero-order valence-corrected chi connectivity index (χ0v) is 14.1. The predicted molar refractivity (Wildman–Crippen MR) is 87.6 cm³/mol. The highest BCUT2D eigenvalue weighted by molar-refractivity contribution is 6.30. The van der Waals surface area contributed by atoms with Crippen LogP contribution in [0.3, 0.4) is 0 Å². The van der Waals surface area contributed by atoms with E-state index in [1.54, 1.807) is 11.1 Å². The summed E-state index contributed by atoms with van der Waals surface area (Å²) in [4.78, 5) is 20.9. The van der Waals surface area contributed by atoms with E-state index in [-0.39, 0.29) is 11.3 Å². The molecule has 1 saturated carbocycles. The van der Waals surface area contributed by atoms with Gasteiger partial charge in [-0.15, -0.1) is 0 Å². The number of amides is 1. The molecular weight excluding hydrogens is 298 g/mol. The average molecular weight is 322 g/mol. The Balaban J connectivity index is 1.69. The zero-order valence-electron chi connectivity index (χ0n) is 13.4. The molecule has 0 N–H and O–H groups in total. The van der Waals surface area contributed by atoms with Gasteiger partial charge in [0, 0.05) is 45.5 Å². The molecule has 22 heavy (non-hydrogen) atoms. The van der Waals surface area contributed by atoms with Gasteiger partial charge in [-0.05, 0) is 42.9 Å². The van der Waals surface area contributed by atoms with E-state index in [4.69, 9.17) is 11.6 Å². The molecule has 1 aliphatic carbocycles. The van der Waals surface area contributed by atoms with Gasteiger partial charge in [-0.2, -0.15) is 0 Å². The summed E-state index contributed by atoms with van der Waals surface area (Å²) >= 11 is 6.02. The summed E-state index contributed by atoms with van der Waals surface area (Å²) in [5.41, 5.74) is 1.34. The van der Waals surface area contributed by atoms with Crippen molar-refractivity contribution in [2.24, 2.45) is 11.3 Å². The predicted octanol–water partition coefficient (Wildman–Crippen LogP) is 2.82. The van der Waals surface area contributed by atoms with Crippen LogP contribution >= 0.6 is 11.6 Å². The number of carbonyl (C=O) groups is 1. The topological polar surface area (TPSA) is 36.4 Å². The van der Waals surface area contributed by atoms with E-state index >= 15 is 0 Å². The van der Waals surface area contributed by atoms with Crippen LogP contribution in [-0.2, 0) is 11.3 Å². The number of halogens is 1. The lowest BCUT2D eigenvalue weighted by Gasteiger charge is -2.32. The molecule has 2 atom stereocenters. The molecule has 0 aromatic carbocycles. The monoisotopic (exact) mass is 321 g/mol. The normalized spacial score (nSPS) is 28.4. The molecule has 3 rings (SSSR count). The maximum Gasteiger partial charge on any atom is 0.225 e. The second-order valence-corrected chi connectivity index (χ2v) is 7.45. The molecule has 1 aliphatic heterocycles. The molecule has 1 amide bonds. The Labute approximate surface area is 137 Å². The Kier molecular flexibility index (Phi) is 4.42. The lowest BCUT2D eigenvalue weighted by molar-refractivity contribution is -0.136. The van der Waals surface area contributed by atoms with E-state index in [0.717, 1.165) is 38.0 Å². The molecule has 4 nitrogen and oxygen atoms in total. The summed E-state index contributed by atoms with van der Waals surface area (Å²) in [7, 11) is 3.75. The van der Waals surface area contributed by atoms with Gasteiger partial charge >= 0.3 is 0 Å². The highest BCUT2D eigenvalue weighted by Crippen LogP contribution is 2.50. The molecule has 2 fully saturated rings. The largest absolute Gasteiger partial charge is 0.349 e. The van der Waals surface area contributed by atoms with E-state index in [1.807, 2.05) is 26.4 Å². The molecule has 2 aliphatic rings. The summed E-state index contributed by atoms with van der Waals surface area (Å²) in [5.74, 6) is 0.508. The highest BCUT2D eigenvalue weighted by Gasteiger charge is 2.50. The minimum absolute atomic E-state index is 0.188. The van der Waals surface area contributed by atoms with Gasteiger partial charge in [-0.25, -0.2) is 0 Å². The first-order valence-corrected chi connectivity index (χ1v) is 8.41. The third-order valence-electron chi connectivity index (χ3n) is 5.28. The lowest BCUT2D eigenvalue weighted by atomic mass is 9.76. The molecule has 5 heteroatoms. The molecule has 1 saturated heterocycles. The zero-order chi connectivity index (χ0) is 15.7. The van der Waals surface area contributed by atoms with Crippen LogP contribution in [0.15, 0.2) is 18.5 Å². The van der Waals surface area contributed by atoms with Gasteiger partial charge in [0.2, 0.25) is 5.91 Å². The van der Waals surface area contributed by atoms with Crippen LogP contribution in [0.5, 0.6) is 0 Å². The summed E-state index contributed by atoms with van der Waals surface area (Å²) in [6.07, 6.45) is 8.08. The third-order valence-corrected chi connectivity index (χ3v) is 5.48. The van der Waals surface area contributed by atoms with Gasteiger partial charge < -0.3 is 4.90 Å². The maximum absolute atomic E-state index is 12.5. The first-order valence-electron chi connectivity index (χ1n) is 8.03. The number of nitrogens with zero attached hydrogens (tertiary/aromatic N) is 3. The summed E-state index contributed by atoms with van der Waals surface area (Å²) < 4.78 is 0. The Morgan fingerprint density at radius 1 is 1.45 bits per heavy atom. The van der Waals surface area contributed by atoms with E-state index in [2.05, 4.69) is 9.88 Å². The molecule has 2 unspecified atom stereocenters. The van der Waals surface area contributed by atoms with Gasteiger partial charge in [-0.1, -0.05) is 18.0 Å². The van der Waals surface area contributed by atoms with Crippen molar-refractivity contribution in [3.05, 3.63) is 29.0 Å². The van der Waals surface area contributed by atoms with E-state index in [1.165, 1.54) is 12.8 Å². The first-order chi connectivity index (χ1) is 10.5. The Morgan fingerprint density at radius 2 is 2.27 bits per heavy atom. The second-order valence-electron chi connectivity index (χ2n) is 7.01. The van der Waals surface area contributed by atoms with E-state index < -0.39 is 0 Å². The summed E-state index contributed by atoms with van der Waals surface area (Å²) in [6, 6.07) is 1.98. The Hall–Kier alpha value is -1.13. The SMILES string of the molecule is CN(C)C(=O)C1CCCC12CCN(Cc1cncc(Cl)c1)C2. The fourth-order valence-corrected chi connectivity index (χ4v) is 4.44. The van der Waals surface area contributed by atoms with Crippen LogP contribution in [-0.4, -0.2) is 47.9 Å². The van der Waals surface area contributed by atoms with Gasteiger partial charge in [-0.3, -0.25) is 14.7 Å². The Bertz CT molecular complexity index is 563. The molecule has 2 heterocycles. The Morgan fingerprint density at radius 3 is 3.00 bits per heavy atom. The summed E-state index contributed by atoms with van der Waals surface area (Å²) in [5, 5.41) is 0.688. The number of likely N-dealkylation sites (tertiary alicyclic amines) is 1. The van der Waals surface area contributed by atoms with Crippen molar-refractivity contribution in [2.75, 3.05) is 27.2 Å². The third kappa shape index (κ3) is 2.99. The van der Waals surface area contributed by atoms with E-state index in [0.29, 0.717) is 10.9 Å². The van der Waals surface area contributed by atoms with E-state index in [9.17, 15) is 4.79 Å². The standard InChI is InChI=1S/C17H24ClN3O/c1-20(2)16(22)15-4-3-5-17(15)6-7-21(12-17)11-13-8-14(18)10-19-9-13/h8-10,15H,3-7,11-12H2,1-2H3. The van der Waals surface area contributed by atoms with Crippen molar-refractivity contribution in [3.8, 4) is 0 Å². The van der Waals surface area contributed by atoms with Crippen LogP contribution in [0, 0.1) is 11.3 Å². The van der Waals surface area contributed by atoms with Crippen molar-refractivity contribution >= 4 is 17.5 Å². The lowest BCUT2D eigenvalue weighted by Crippen LogP contribution is -2.40. The average Bonchev–Trinajstić information content (AvgIpc) is 3.06. The molecule has 1 aromatic heterocycles. The van der Waals surface area contributed by atoms with Crippen molar-refractivity contribution in [1.82, 2.24) is 14.8 Å². The second kappa shape index (κ2) is 6.17. The molecule has 1 aromatic rings. The fraction of sp³-hybridized carbons (Fsp3) is 0.647. The van der Waals surface area contributed by atoms with Crippen molar-refractivity contribution < 1.29 is 4.79 Å². The van der Waals surface area contributed by atoms with Crippen molar-refractivity contribution in [1.29, 1.82) is 0 Å². The smallest absolute Gasteiger partial charge is 0.225 e. The van der Waals surface area contributed by atoms with Crippen LogP contribution in [0.25, 0.3) is 0 Å². The van der Waals surface area contributed by atoms with Crippen LogP contribution < -0.4 is 0 Å². The molecule has 0 radical (unpaired) electrons. The van der Waals surface area contributed by atoms with Gasteiger partial charge in [0.15, 0.2) is 0 Å². The number of hydrogen-bond acceptors (Lipinski definition) is 3. The molecular formula is C17H24ClN3O. The molecule has 1 spiro atoms. The minimum Gasteiger partial charge on any atom is -0.349 e. The van der Waals surface area contributed by atoms with Crippen molar-refractivity contribution in [3.63, 3.8) is 0 Å². The first kappa shape index (κ1) is 15.8. The van der Waals surface area contributed by atoms with Gasteiger partial charge in [0.25, 0.3) is 0 Å². The van der Waals surface area contributed by atoms with Crippen LogP contribution in [0.4, 0.5) is 0 Å².